The molecule has 0 aliphatic carbocycles. The molecular formula is C20H22ClNO2. The Kier molecular flexibility index (Phi) is 5.54. The highest BCUT2D eigenvalue weighted by atomic mass is 35.5. The van der Waals surface area contributed by atoms with Crippen molar-refractivity contribution in [1.29, 1.82) is 0 Å². The minimum atomic E-state index is -0.0696. The second-order valence-electron chi connectivity index (χ2n) is 6.30. The van der Waals surface area contributed by atoms with E-state index in [4.69, 9.17) is 16.3 Å². The van der Waals surface area contributed by atoms with Gasteiger partial charge >= 0.3 is 0 Å². The number of rotatable bonds is 4. The maximum absolute atomic E-state index is 12.5. The van der Waals surface area contributed by atoms with Crippen LogP contribution in [0.5, 0.6) is 0 Å². The smallest absolute Gasteiger partial charge is 0.251 e. The third-order valence-corrected chi connectivity index (χ3v) is 5.00. The van der Waals surface area contributed by atoms with Crippen molar-refractivity contribution in [2.45, 2.75) is 24.7 Å². The zero-order chi connectivity index (χ0) is 16.8. The van der Waals surface area contributed by atoms with E-state index in [-0.39, 0.29) is 11.3 Å². The number of ether oxygens (including phenoxy) is 1. The van der Waals surface area contributed by atoms with Gasteiger partial charge in [0.05, 0.1) is 0 Å². The van der Waals surface area contributed by atoms with E-state index in [0.29, 0.717) is 17.1 Å². The Balaban J connectivity index is 1.77. The van der Waals surface area contributed by atoms with Gasteiger partial charge in [0, 0.05) is 35.8 Å². The Morgan fingerprint density at radius 1 is 1.04 bits per heavy atom. The second-order valence-corrected chi connectivity index (χ2v) is 6.74. The maximum atomic E-state index is 12.5. The first-order valence-electron chi connectivity index (χ1n) is 8.37. The lowest BCUT2D eigenvalue weighted by Crippen LogP contribution is -2.41. The lowest BCUT2D eigenvalue weighted by Gasteiger charge is -2.33. The standard InChI is InChI=1S/C20H22ClNO2/c21-18-9-7-16(8-10-18)19(23)22-15-20(11-4-13-24-14-12-20)17-5-2-1-3-6-17/h1-3,5-10H,4,11-15H2,(H,22,23)/t20-/m1/s1. The van der Waals surface area contributed by atoms with Gasteiger partial charge in [-0.2, -0.15) is 0 Å². The molecule has 1 heterocycles. The predicted octanol–water partition coefficient (Wildman–Crippen LogP) is 4.21. The van der Waals surface area contributed by atoms with Gasteiger partial charge in [0.1, 0.15) is 0 Å². The van der Waals surface area contributed by atoms with Crippen molar-refractivity contribution < 1.29 is 9.53 Å². The molecule has 3 nitrogen and oxygen atoms in total. The highest BCUT2D eigenvalue weighted by Crippen LogP contribution is 2.34. The molecule has 3 rings (SSSR count). The van der Waals surface area contributed by atoms with E-state index in [1.54, 1.807) is 24.3 Å². The number of nitrogens with one attached hydrogen (secondary N) is 1. The Labute approximate surface area is 148 Å². The third kappa shape index (κ3) is 3.97. The van der Waals surface area contributed by atoms with Crippen molar-refractivity contribution in [3.8, 4) is 0 Å². The van der Waals surface area contributed by atoms with Crippen LogP contribution in [0.1, 0.15) is 35.2 Å². The molecule has 0 saturated carbocycles. The van der Waals surface area contributed by atoms with Crippen LogP contribution in [0.2, 0.25) is 5.02 Å². The average Bonchev–Trinajstić information content (AvgIpc) is 2.88. The van der Waals surface area contributed by atoms with Gasteiger partial charge in [0.15, 0.2) is 0 Å². The minimum Gasteiger partial charge on any atom is -0.381 e. The summed E-state index contributed by atoms with van der Waals surface area (Å²) in [5.41, 5.74) is 1.83. The van der Waals surface area contributed by atoms with Crippen LogP contribution in [0.3, 0.4) is 0 Å². The normalized spacial score (nSPS) is 21.0. The number of benzene rings is 2. The predicted molar refractivity (Wildman–Crippen MR) is 96.6 cm³/mol. The van der Waals surface area contributed by atoms with Crippen LogP contribution in [0, 0.1) is 0 Å². The first-order valence-corrected chi connectivity index (χ1v) is 8.74. The summed E-state index contributed by atoms with van der Waals surface area (Å²) in [6.45, 7) is 2.13. The second kappa shape index (κ2) is 7.82. The molecule has 0 radical (unpaired) electrons. The lowest BCUT2D eigenvalue weighted by molar-refractivity contribution is 0.0937. The topological polar surface area (TPSA) is 38.3 Å². The molecule has 0 aromatic heterocycles. The van der Waals surface area contributed by atoms with E-state index in [0.717, 1.165) is 32.5 Å². The van der Waals surface area contributed by atoms with Gasteiger partial charge in [-0.3, -0.25) is 4.79 Å². The van der Waals surface area contributed by atoms with E-state index in [1.807, 2.05) is 6.07 Å². The largest absolute Gasteiger partial charge is 0.381 e. The zero-order valence-electron chi connectivity index (χ0n) is 13.6. The molecule has 1 N–H and O–H groups in total. The highest BCUT2D eigenvalue weighted by molar-refractivity contribution is 6.30. The molecule has 24 heavy (non-hydrogen) atoms. The summed E-state index contributed by atoms with van der Waals surface area (Å²) in [5, 5.41) is 3.75. The van der Waals surface area contributed by atoms with Crippen LogP contribution in [-0.2, 0) is 10.2 Å². The van der Waals surface area contributed by atoms with E-state index < -0.39 is 0 Å². The van der Waals surface area contributed by atoms with Crippen molar-refractivity contribution in [2.75, 3.05) is 19.8 Å². The number of carbonyl (C=O) groups is 1. The Morgan fingerprint density at radius 2 is 1.79 bits per heavy atom. The van der Waals surface area contributed by atoms with Crippen LogP contribution in [0.25, 0.3) is 0 Å². The van der Waals surface area contributed by atoms with Gasteiger partial charge < -0.3 is 10.1 Å². The first kappa shape index (κ1) is 17.0. The molecule has 2 aromatic carbocycles. The number of hydrogen-bond donors (Lipinski definition) is 1. The molecule has 2 aromatic rings. The summed E-state index contributed by atoms with van der Waals surface area (Å²) < 4.78 is 5.65. The molecule has 1 atom stereocenters. The van der Waals surface area contributed by atoms with Crippen molar-refractivity contribution in [3.05, 3.63) is 70.7 Å². The molecule has 0 spiro atoms. The highest BCUT2D eigenvalue weighted by Gasteiger charge is 2.33. The van der Waals surface area contributed by atoms with Crippen molar-refractivity contribution in [2.24, 2.45) is 0 Å². The fourth-order valence-electron chi connectivity index (χ4n) is 3.32. The van der Waals surface area contributed by atoms with Crippen LogP contribution < -0.4 is 5.32 Å². The maximum Gasteiger partial charge on any atom is 0.251 e. The molecule has 1 aliphatic rings. The Morgan fingerprint density at radius 3 is 2.54 bits per heavy atom. The van der Waals surface area contributed by atoms with E-state index >= 15 is 0 Å². The Hall–Kier alpha value is -1.84. The quantitative estimate of drug-likeness (QED) is 0.903. The fraction of sp³-hybridized carbons (Fsp3) is 0.350. The van der Waals surface area contributed by atoms with Crippen LogP contribution in [0.15, 0.2) is 54.6 Å². The molecule has 1 fully saturated rings. The summed E-state index contributed by atoms with van der Waals surface area (Å²) in [6, 6.07) is 17.4. The SMILES string of the molecule is O=C(NC[C@@]1(c2ccccc2)CCCOCC1)c1ccc(Cl)cc1. The molecule has 0 unspecified atom stereocenters. The van der Waals surface area contributed by atoms with Gasteiger partial charge in [-0.1, -0.05) is 41.9 Å². The van der Waals surface area contributed by atoms with Crippen LogP contribution >= 0.6 is 11.6 Å². The molecule has 0 bridgehead atoms. The van der Waals surface area contributed by atoms with Gasteiger partial charge in [-0.05, 0) is 49.1 Å². The number of amides is 1. The van der Waals surface area contributed by atoms with Crippen molar-refractivity contribution >= 4 is 17.5 Å². The Bertz CT molecular complexity index is 662. The van der Waals surface area contributed by atoms with Crippen LogP contribution in [0.4, 0.5) is 0 Å². The summed E-state index contributed by atoms with van der Waals surface area (Å²) in [4.78, 5) is 12.5. The number of carbonyl (C=O) groups excluding carboxylic acids is 1. The number of hydrogen-bond acceptors (Lipinski definition) is 2. The summed E-state index contributed by atoms with van der Waals surface area (Å²) in [5.74, 6) is -0.0628. The summed E-state index contributed by atoms with van der Waals surface area (Å²) in [6.07, 6.45) is 2.93. The molecule has 126 valence electrons. The van der Waals surface area contributed by atoms with Gasteiger partial charge in [0.25, 0.3) is 5.91 Å². The number of halogens is 1. The zero-order valence-corrected chi connectivity index (χ0v) is 14.4. The molecule has 1 amide bonds. The molecule has 1 aliphatic heterocycles. The van der Waals surface area contributed by atoms with Crippen molar-refractivity contribution in [1.82, 2.24) is 5.32 Å². The van der Waals surface area contributed by atoms with Gasteiger partial charge in [0.2, 0.25) is 0 Å². The third-order valence-electron chi connectivity index (χ3n) is 4.75. The van der Waals surface area contributed by atoms with Gasteiger partial charge in [-0.25, -0.2) is 0 Å². The average molecular weight is 344 g/mol. The van der Waals surface area contributed by atoms with E-state index in [9.17, 15) is 4.79 Å². The van der Waals surface area contributed by atoms with Crippen molar-refractivity contribution in [3.63, 3.8) is 0 Å². The monoisotopic (exact) mass is 343 g/mol. The summed E-state index contributed by atoms with van der Waals surface area (Å²) >= 11 is 5.89. The first-order chi connectivity index (χ1) is 11.7. The van der Waals surface area contributed by atoms with E-state index in [2.05, 4.69) is 29.6 Å². The van der Waals surface area contributed by atoms with E-state index in [1.165, 1.54) is 5.56 Å². The lowest BCUT2D eigenvalue weighted by atomic mass is 9.74. The minimum absolute atomic E-state index is 0.0628. The fourth-order valence-corrected chi connectivity index (χ4v) is 3.45. The summed E-state index contributed by atoms with van der Waals surface area (Å²) in [7, 11) is 0. The molecular weight excluding hydrogens is 322 g/mol. The molecule has 1 saturated heterocycles. The molecule has 4 heteroatoms. The van der Waals surface area contributed by atoms with Crippen LogP contribution in [-0.4, -0.2) is 25.7 Å². The van der Waals surface area contributed by atoms with Gasteiger partial charge in [-0.15, -0.1) is 0 Å².